The first kappa shape index (κ1) is 29.9. The minimum absolute atomic E-state index is 0.0731. The van der Waals surface area contributed by atoms with Gasteiger partial charge in [-0.05, 0) is 95.8 Å². The number of phenols is 1. The van der Waals surface area contributed by atoms with Crippen molar-refractivity contribution in [2.75, 3.05) is 26.8 Å². The van der Waals surface area contributed by atoms with E-state index in [0.717, 1.165) is 22.3 Å². The van der Waals surface area contributed by atoms with E-state index in [-0.39, 0.29) is 17.2 Å². The van der Waals surface area contributed by atoms with Gasteiger partial charge >= 0.3 is 0 Å². The zero-order valence-corrected chi connectivity index (χ0v) is 25.9. The van der Waals surface area contributed by atoms with E-state index in [9.17, 15) is 14.7 Å². The summed E-state index contributed by atoms with van der Waals surface area (Å²) in [5.74, 6) is 1.52. The molecule has 0 aliphatic carbocycles. The molecule has 4 aromatic carbocycles. The second-order valence-corrected chi connectivity index (χ2v) is 11.6. The summed E-state index contributed by atoms with van der Waals surface area (Å²) in [6.45, 7) is 1.69. The zero-order chi connectivity index (χ0) is 32.3. The number of fused-ring (bicyclic) bond motifs is 6. The molecule has 4 heterocycles. The third-order valence-electron chi connectivity index (χ3n) is 8.50. The summed E-state index contributed by atoms with van der Waals surface area (Å²) in [6, 6.07) is 25.4. The Labute approximate surface area is 272 Å². The molecular formula is C37H34N4O6. The van der Waals surface area contributed by atoms with Crippen LogP contribution in [0.2, 0.25) is 0 Å². The van der Waals surface area contributed by atoms with E-state index in [1.165, 1.54) is 12.1 Å². The smallest absolute Gasteiger partial charge is 0.255 e. The molecule has 0 saturated heterocycles. The largest absolute Gasteiger partial charge is 0.507 e. The lowest BCUT2D eigenvalue weighted by molar-refractivity contribution is 0.0693. The lowest BCUT2D eigenvalue weighted by atomic mass is 9.87. The Kier molecular flexibility index (Phi) is 8.22. The Morgan fingerprint density at radius 3 is 2.77 bits per heavy atom. The van der Waals surface area contributed by atoms with Crippen molar-refractivity contribution in [2.24, 2.45) is 0 Å². The van der Waals surface area contributed by atoms with Gasteiger partial charge in [-0.25, -0.2) is 0 Å². The van der Waals surface area contributed by atoms with E-state index < -0.39 is 11.9 Å². The second kappa shape index (κ2) is 12.9. The van der Waals surface area contributed by atoms with Gasteiger partial charge in [0, 0.05) is 31.0 Å². The molecular weight excluding hydrogens is 596 g/mol. The van der Waals surface area contributed by atoms with Crippen LogP contribution in [0.3, 0.4) is 0 Å². The summed E-state index contributed by atoms with van der Waals surface area (Å²) in [5.41, 5.74) is 4.62. The highest BCUT2D eigenvalue weighted by molar-refractivity contribution is 5.97. The summed E-state index contributed by atoms with van der Waals surface area (Å²) in [7, 11) is 1.59. The fourth-order valence-corrected chi connectivity index (χ4v) is 6.22. The third-order valence-corrected chi connectivity index (χ3v) is 8.50. The molecule has 1 unspecified atom stereocenters. The van der Waals surface area contributed by atoms with Crippen molar-refractivity contribution in [2.45, 2.75) is 25.4 Å². The molecule has 0 spiro atoms. The van der Waals surface area contributed by atoms with Gasteiger partial charge in [0.1, 0.15) is 17.2 Å². The Morgan fingerprint density at radius 2 is 1.91 bits per heavy atom. The maximum atomic E-state index is 14.3. The van der Waals surface area contributed by atoms with E-state index in [2.05, 4.69) is 10.4 Å². The number of hydrogen-bond acceptors (Lipinski definition) is 7. The molecule has 0 fully saturated rings. The number of amides is 2. The molecule has 1 atom stereocenters. The summed E-state index contributed by atoms with van der Waals surface area (Å²) in [4.78, 5) is 29.1. The number of phenolic OH excluding ortho intramolecular Hbond substituents is 1. The number of benzene rings is 4. The lowest BCUT2D eigenvalue weighted by Crippen LogP contribution is -2.40. The molecule has 2 amide bonds. The SMILES string of the molecule is COc1ccc2cc1OCCCNC(=O)c1cc(ccc1O)Oc1ccc3c(c1)CCN(C(=O)c1cccc(Cn4cccn4)c1)C23. The van der Waals surface area contributed by atoms with Crippen LogP contribution in [0.4, 0.5) is 0 Å². The highest BCUT2D eigenvalue weighted by Gasteiger charge is 2.34. The number of ether oxygens (including phenoxy) is 3. The Morgan fingerprint density at radius 1 is 1.04 bits per heavy atom. The summed E-state index contributed by atoms with van der Waals surface area (Å²) in [5, 5.41) is 17.5. The van der Waals surface area contributed by atoms with Gasteiger partial charge in [-0.2, -0.15) is 5.10 Å². The molecule has 8 bridgehead atoms. The first-order chi connectivity index (χ1) is 23.0. The first-order valence-electron chi connectivity index (χ1n) is 15.6. The van der Waals surface area contributed by atoms with Gasteiger partial charge in [0.25, 0.3) is 11.8 Å². The predicted octanol–water partition coefficient (Wildman–Crippen LogP) is 5.74. The average molecular weight is 631 g/mol. The van der Waals surface area contributed by atoms with Crippen LogP contribution < -0.4 is 19.5 Å². The van der Waals surface area contributed by atoms with Crippen LogP contribution >= 0.6 is 0 Å². The number of nitrogens with one attached hydrogen (secondary N) is 1. The number of aromatic hydroxyl groups is 1. The van der Waals surface area contributed by atoms with Crippen molar-refractivity contribution >= 4 is 11.8 Å². The quantitative estimate of drug-likeness (QED) is 0.260. The third kappa shape index (κ3) is 6.22. The predicted molar refractivity (Wildman–Crippen MR) is 174 cm³/mol. The van der Waals surface area contributed by atoms with Crippen molar-refractivity contribution in [3.63, 3.8) is 0 Å². The standard InChI is InChI=1S/C37H34N4O6/c1-45-33-12-7-26-21-34(33)46-18-4-14-38-36(43)31-22-29(9-11-32(31)42)47-28-8-10-30-25(20-28)13-17-41(35(26)30)37(44)27-6-2-5-24(19-27)23-40-16-3-15-39-40/h2-3,5-12,15-16,19-22,35,42H,4,13-14,17-18,23H2,1H3,(H,38,43). The molecule has 3 aliphatic rings. The van der Waals surface area contributed by atoms with Gasteiger partial charge in [0.15, 0.2) is 11.5 Å². The van der Waals surface area contributed by atoms with Crippen molar-refractivity contribution < 1.29 is 28.9 Å². The highest BCUT2D eigenvalue weighted by atomic mass is 16.5. The number of aromatic nitrogens is 2. The van der Waals surface area contributed by atoms with Crippen LogP contribution in [0.15, 0.2) is 97.3 Å². The molecule has 2 N–H and O–H groups in total. The van der Waals surface area contributed by atoms with E-state index in [0.29, 0.717) is 67.6 Å². The molecule has 5 aromatic rings. The number of nitrogens with zero attached hydrogens (tertiary/aromatic N) is 3. The zero-order valence-electron chi connectivity index (χ0n) is 25.9. The summed E-state index contributed by atoms with van der Waals surface area (Å²) >= 11 is 0. The average Bonchev–Trinajstić information content (AvgIpc) is 3.60. The van der Waals surface area contributed by atoms with Crippen LogP contribution in [0, 0.1) is 0 Å². The van der Waals surface area contributed by atoms with Crippen molar-refractivity contribution in [3.05, 3.63) is 131 Å². The van der Waals surface area contributed by atoms with Gasteiger partial charge in [-0.15, -0.1) is 0 Å². The van der Waals surface area contributed by atoms with E-state index >= 15 is 0 Å². The fraction of sp³-hybridized carbons (Fsp3) is 0.216. The lowest BCUT2D eigenvalue weighted by Gasteiger charge is -2.38. The first-order valence-corrected chi connectivity index (χ1v) is 15.6. The molecule has 1 aromatic heterocycles. The van der Waals surface area contributed by atoms with Gasteiger partial charge in [0.05, 0.1) is 31.9 Å². The van der Waals surface area contributed by atoms with E-state index in [1.54, 1.807) is 19.4 Å². The molecule has 0 radical (unpaired) electrons. The van der Waals surface area contributed by atoms with Crippen LogP contribution in [0.25, 0.3) is 0 Å². The molecule has 10 heteroatoms. The Hall–Kier alpha value is -5.77. The van der Waals surface area contributed by atoms with Crippen molar-refractivity contribution in [1.29, 1.82) is 0 Å². The van der Waals surface area contributed by atoms with E-state index in [1.807, 2.05) is 82.5 Å². The second-order valence-electron chi connectivity index (χ2n) is 11.6. The van der Waals surface area contributed by atoms with Crippen LogP contribution in [-0.2, 0) is 13.0 Å². The maximum Gasteiger partial charge on any atom is 0.255 e. The summed E-state index contributed by atoms with van der Waals surface area (Å²) < 4.78 is 19.8. The van der Waals surface area contributed by atoms with Crippen molar-refractivity contribution in [1.82, 2.24) is 20.0 Å². The number of hydrogen-bond donors (Lipinski definition) is 2. The van der Waals surface area contributed by atoms with Gasteiger partial charge in [0.2, 0.25) is 0 Å². The van der Waals surface area contributed by atoms with Crippen molar-refractivity contribution in [3.8, 4) is 28.7 Å². The summed E-state index contributed by atoms with van der Waals surface area (Å²) in [6.07, 6.45) is 4.77. The van der Waals surface area contributed by atoms with Crippen LogP contribution in [0.1, 0.15) is 55.4 Å². The fourth-order valence-electron chi connectivity index (χ4n) is 6.22. The number of methoxy groups -OCH3 is 1. The van der Waals surface area contributed by atoms with Gasteiger partial charge in [-0.1, -0.05) is 24.3 Å². The topological polar surface area (TPSA) is 115 Å². The Bertz CT molecular complexity index is 1940. The minimum Gasteiger partial charge on any atom is -0.507 e. The van der Waals surface area contributed by atoms with Gasteiger partial charge < -0.3 is 29.5 Å². The molecule has 0 saturated carbocycles. The molecule has 47 heavy (non-hydrogen) atoms. The Balaban J connectivity index is 1.29. The number of carbonyl (C=O) groups is 2. The maximum absolute atomic E-state index is 14.3. The highest BCUT2D eigenvalue weighted by Crippen LogP contribution is 2.41. The molecule has 238 valence electrons. The van der Waals surface area contributed by atoms with Gasteiger partial charge in [-0.3, -0.25) is 14.3 Å². The molecule has 10 nitrogen and oxygen atoms in total. The minimum atomic E-state index is -0.404. The normalized spacial score (nSPS) is 15.9. The monoisotopic (exact) mass is 630 g/mol. The van der Waals surface area contributed by atoms with Crippen LogP contribution in [-0.4, -0.2) is 58.4 Å². The molecule has 8 rings (SSSR count). The molecule has 3 aliphatic heterocycles. The van der Waals surface area contributed by atoms with E-state index in [4.69, 9.17) is 14.2 Å². The van der Waals surface area contributed by atoms with Crippen LogP contribution in [0.5, 0.6) is 28.7 Å². The number of carbonyl (C=O) groups excluding carboxylic acids is 2. The number of rotatable bonds is 4.